The van der Waals surface area contributed by atoms with Crippen molar-refractivity contribution in [2.24, 2.45) is 0 Å². The lowest BCUT2D eigenvalue weighted by molar-refractivity contribution is 0.0734. The van der Waals surface area contributed by atoms with Crippen LogP contribution in [0.3, 0.4) is 0 Å². The minimum absolute atomic E-state index is 0.169. The number of pyridine rings is 1. The third-order valence-electron chi connectivity index (χ3n) is 3.33. The topological polar surface area (TPSA) is 78.3 Å². The van der Waals surface area contributed by atoms with Crippen molar-refractivity contribution in [1.82, 2.24) is 15.2 Å². The zero-order valence-corrected chi connectivity index (χ0v) is 10.9. The van der Waals surface area contributed by atoms with Crippen LogP contribution < -0.4 is 10.9 Å². The van der Waals surface area contributed by atoms with Crippen molar-refractivity contribution >= 4 is 5.91 Å². The van der Waals surface area contributed by atoms with E-state index in [2.05, 4.69) is 10.3 Å². The molecular formula is C14H15N3O3. The number of aromatic nitrogens is 1. The van der Waals surface area contributed by atoms with Gasteiger partial charge in [0.2, 0.25) is 0 Å². The highest BCUT2D eigenvalue weighted by molar-refractivity contribution is 5.94. The zero-order valence-electron chi connectivity index (χ0n) is 10.9. The van der Waals surface area contributed by atoms with Crippen LogP contribution in [0.1, 0.15) is 10.4 Å². The summed E-state index contributed by atoms with van der Waals surface area (Å²) in [5.41, 5.74) is 0.349. The molecule has 2 N–H and O–H groups in total. The van der Waals surface area contributed by atoms with Crippen LogP contribution in [-0.4, -0.2) is 42.0 Å². The van der Waals surface area contributed by atoms with Crippen molar-refractivity contribution in [3.8, 4) is 11.5 Å². The van der Waals surface area contributed by atoms with E-state index in [9.17, 15) is 9.59 Å². The predicted octanol–water partition coefficient (Wildman–Crippen LogP) is 0.680. The van der Waals surface area contributed by atoms with Gasteiger partial charge in [-0.2, -0.15) is 0 Å². The number of amides is 1. The molecule has 6 heteroatoms. The van der Waals surface area contributed by atoms with Crippen LogP contribution in [0.5, 0.6) is 0 Å². The Morgan fingerprint density at radius 2 is 2.00 bits per heavy atom. The molecule has 1 saturated heterocycles. The highest BCUT2D eigenvalue weighted by atomic mass is 16.3. The molecule has 0 radical (unpaired) electrons. The Morgan fingerprint density at radius 1 is 1.20 bits per heavy atom. The fourth-order valence-electron chi connectivity index (χ4n) is 2.26. The maximum atomic E-state index is 12.3. The molecule has 0 unspecified atom stereocenters. The first-order valence-corrected chi connectivity index (χ1v) is 6.53. The normalized spacial score (nSPS) is 15.3. The molecule has 3 heterocycles. The Morgan fingerprint density at radius 3 is 2.65 bits per heavy atom. The van der Waals surface area contributed by atoms with E-state index in [1.807, 2.05) is 0 Å². The third-order valence-corrected chi connectivity index (χ3v) is 3.33. The van der Waals surface area contributed by atoms with Gasteiger partial charge in [0.25, 0.3) is 11.5 Å². The molecule has 1 fully saturated rings. The van der Waals surface area contributed by atoms with Crippen LogP contribution in [0, 0.1) is 0 Å². The van der Waals surface area contributed by atoms with Crippen molar-refractivity contribution in [3.63, 3.8) is 0 Å². The number of carbonyl (C=O) groups excluding carboxylic acids is 1. The molecule has 0 spiro atoms. The monoisotopic (exact) mass is 273 g/mol. The van der Waals surface area contributed by atoms with Gasteiger partial charge in [-0.15, -0.1) is 0 Å². The first kappa shape index (κ1) is 12.7. The van der Waals surface area contributed by atoms with E-state index in [1.54, 1.807) is 29.2 Å². The van der Waals surface area contributed by atoms with Gasteiger partial charge in [-0.05, 0) is 24.3 Å². The van der Waals surface area contributed by atoms with Gasteiger partial charge >= 0.3 is 0 Å². The highest BCUT2D eigenvalue weighted by Gasteiger charge is 2.20. The molecule has 6 nitrogen and oxygen atoms in total. The number of hydrogen-bond acceptors (Lipinski definition) is 4. The minimum Gasteiger partial charge on any atom is -0.463 e. The summed E-state index contributed by atoms with van der Waals surface area (Å²) in [7, 11) is 0. The summed E-state index contributed by atoms with van der Waals surface area (Å²) < 4.78 is 5.22. The Bertz CT molecular complexity index is 655. The summed E-state index contributed by atoms with van der Waals surface area (Å²) >= 11 is 0. The van der Waals surface area contributed by atoms with Crippen LogP contribution in [0.4, 0.5) is 0 Å². The maximum Gasteiger partial charge on any atom is 0.261 e. The molecular weight excluding hydrogens is 258 g/mol. The van der Waals surface area contributed by atoms with Gasteiger partial charge < -0.3 is 19.6 Å². The third kappa shape index (κ3) is 2.37. The number of H-pyrrole nitrogens is 1. The van der Waals surface area contributed by atoms with Crippen LogP contribution in [0.15, 0.2) is 39.7 Å². The molecule has 0 bridgehead atoms. The number of rotatable bonds is 2. The number of furan rings is 1. The lowest BCUT2D eigenvalue weighted by atomic mass is 10.2. The fraction of sp³-hybridized carbons (Fsp3) is 0.286. The fourth-order valence-corrected chi connectivity index (χ4v) is 2.26. The SMILES string of the molecule is O=C(c1ccc(-c2ccco2)[nH]c1=O)N1CCNCC1. The molecule has 0 aromatic carbocycles. The summed E-state index contributed by atoms with van der Waals surface area (Å²) in [6.45, 7) is 2.76. The number of aromatic amines is 1. The smallest absolute Gasteiger partial charge is 0.261 e. The number of carbonyl (C=O) groups is 1. The molecule has 0 atom stereocenters. The van der Waals surface area contributed by atoms with Crippen molar-refractivity contribution in [3.05, 3.63) is 46.4 Å². The highest BCUT2D eigenvalue weighted by Crippen LogP contribution is 2.16. The van der Waals surface area contributed by atoms with Gasteiger partial charge in [0.15, 0.2) is 0 Å². The summed E-state index contributed by atoms with van der Waals surface area (Å²) in [6.07, 6.45) is 1.54. The number of hydrogen-bond donors (Lipinski definition) is 2. The molecule has 3 rings (SSSR count). The Hall–Kier alpha value is -2.34. The molecule has 1 aliphatic heterocycles. The molecule has 0 saturated carbocycles. The Labute approximate surface area is 115 Å². The Balaban J connectivity index is 1.87. The van der Waals surface area contributed by atoms with Crippen molar-refractivity contribution in [1.29, 1.82) is 0 Å². The van der Waals surface area contributed by atoms with Crippen LogP contribution in [0.2, 0.25) is 0 Å². The zero-order chi connectivity index (χ0) is 13.9. The quantitative estimate of drug-likeness (QED) is 0.843. The minimum atomic E-state index is -0.387. The number of piperazine rings is 1. The lowest BCUT2D eigenvalue weighted by Gasteiger charge is -2.27. The molecule has 104 valence electrons. The van der Waals surface area contributed by atoms with E-state index in [0.717, 1.165) is 13.1 Å². The van der Waals surface area contributed by atoms with Gasteiger partial charge in [-0.3, -0.25) is 9.59 Å². The summed E-state index contributed by atoms with van der Waals surface area (Å²) in [4.78, 5) is 28.7. The first-order chi connectivity index (χ1) is 9.75. The molecule has 1 amide bonds. The van der Waals surface area contributed by atoms with Crippen molar-refractivity contribution < 1.29 is 9.21 Å². The van der Waals surface area contributed by atoms with E-state index in [4.69, 9.17) is 4.42 Å². The lowest BCUT2D eigenvalue weighted by Crippen LogP contribution is -2.47. The first-order valence-electron chi connectivity index (χ1n) is 6.53. The predicted molar refractivity (Wildman–Crippen MR) is 73.5 cm³/mol. The molecule has 1 aliphatic rings. The summed E-state index contributed by atoms with van der Waals surface area (Å²) in [5.74, 6) is 0.349. The van der Waals surface area contributed by atoms with Crippen LogP contribution >= 0.6 is 0 Å². The standard InChI is InChI=1S/C14H15N3O3/c18-13-10(14(19)17-7-5-15-6-8-17)3-4-11(16-13)12-2-1-9-20-12/h1-4,9,15H,5-8H2,(H,16,18). The van der Waals surface area contributed by atoms with E-state index >= 15 is 0 Å². The van der Waals surface area contributed by atoms with Crippen molar-refractivity contribution in [2.75, 3.05) is 26.2 Å². The molecule has 20 heavy (non-hydrogen) atoms. The average molecular weight is 273 g/mol. The second-order valence-electron chi connectivity index (χ2n) is 4.63. The van der Waals surface area contributed by atoms with Gasteiger partial charge in [0.05, 0.1) is 12.0 Å². The molecule has 0 aliphatic carbocycles. The summed E-state index contributed by atoms with van der Waals surface area (Å²) in [5, 5.41) is 3.17. The van der Waals surface area contributed by atoms with Crippen LogP contribution in [0.25, 0.3) is 11.5 Å². The second-order valence-corrected chi connectivity index (χ2v) is 4.63. The number of nitrogens with one attached hydrogen (secondary N) is 2. The largest absolute Gasteiger partial charge is 0.463 e. The van der Waals surface area contributed by atoms with Gasteiger partial charge in [-0.1, -0.05) is 0 Å². The van der Waals surface area contributed by atoms with E-state index < -0.39 is 0 Å². The van der Waals surface area contributed by atoms with Crippen molar-refractivity contribution in [2.45, 2.75) is 0 Å². The molecule has 2 aromatic heterocycles. The van der Waals surface area contributed by atoms with E-state index in [0.29, 0.717) is 24.5 Å². The Kier molecular flexibility index (Phi) is 3.39. The van der Waals surface area contributed by atoms with E-state index in [1.165, 1.54) is 6.26 Å². The second kappa shape index (κ2) is 5.34. The average Bonchev–Trinajstić information content (AvgIpc) is 3.01. The van der Waals surface area contributed by atoms with Gasteiger partial charge in [0.1, 0.15) is 11.3 Å². The van der Waals surface area contributed by atoms with Gasteiger partial charge in [0, 0.05) is 26.2 Å². The van der Waals surface area contributed by atoms with E-state index in [-0.39, 0.29) is 17.0 Å². The maximum absolute atomic E-state index is 12.3. The summed E-state index contributed by atoms with van der Waals surface area (Å²) in [6, 6.07) is 6.74. The molecule has 2 aromatic rings. The van der Waals surface area contributed by atoms with Crippen LogP contribution in [-0.2, 0) is 0 Å². The van der Waals surface area contributed by atoms with Gasteiger partial charge in [-0.25, -0.2) is 0 Å². The number of nitrogens with zero attached hydrogens (tertiary/aromatic N) is 1.